The van der Waals surface area contributed by atoms with Gasteiger partial charge < -0.3 is 5.32 Å². The largest absolute Gasteiger partial charge is 0.360 e. The van der Waals surface area contributed by atoms with Crippen molar-refractivity contribution in [3.8, 4) is 0 Å². The van der Waals surface area contributed by atoms with Crippen LogP contribution in [0, 0.1) is 17.0 Å². The van der Waals surface area contributed by atoms with E-state index in [2.05, 4.69) is 17.0 Å². The summed E-state index contributed by atoms with van der Waals surface area (Å²) in [5.74, 6) is 0.385. The molecule has 0 aliphatic rings. The molecule has 0 aliphatic heterocycles. The third kappa shape index (κ3) is 3.20. The first-order chi connectivity index (χ1) is 7.97. The molecule has 0 aromatic carbocycles. The lowest BCUT2D eigenvalue weighted by Crippen LogP contribution is -2.10. The smallest absolute Gasteiger partial charge is 0.333 e. The molecule has 6 nitrogen and oxygen atoms in total. The zero-order valence-electron chi connectivity index (χ0n) is 9.86. The lowest BCUT2D eigenvalue weighted by atomic mass is 10.4. The zero-order valence-corrected chi connectivity index (χ0v) is 10.6. The van der Waals surface area contributed by atoms with Crippen LogP contribution in [-0.4, -0.2) is 21.2 Å². The van der Waals surface area contributed by atoms with Crippen LogP contribution in [0.4, 0.5) is 11.5 Å². The number of nitrogens with zero attached hydrogens (tertiary/aromatic N) is 3. The Kier molecular flexibility index (Phi) is 4.51. The van der Waals surface area contributed by atoms with E-state index in [4.69, 9.17) is 11.6 Å². The number of rotatable bonds is 6. The van der Waals surface area contributed by atoms with Crippen molar-refractivity contribution in [3.63, 3.8) is 0 Å². The number of nitrogens with one attached hydrogen (secondary N) is 1. The Bertz CT molecular complexity index is 442. The number of halogens is 1. The third-order valence-electron chi connectivity index (χ3n) is 2.16. The minimum absolute atomic E-state index is 0.00336. The van der Waals surface area contributed by atoms with Gasteiger partial charge >= 0.3 is 5.69 Å². The molecule has 0 amide bonds. The first kappa shape index (κ1) is 13.5. The van der Waals surface area contributed by atoms with Gasteiger partial charge in [-0.3, -0.25) is 10.1 Å². The molecular formula is C10H15ClN4O2. The Morgan fingerprint density at radius 2 is 2.35 bits per heavy atom. The van der Waals surface area contributed by atoms with Gasteiger partial charge in [0, 0.05) is 11.6 Å². The van der Waals surface area contributed by atoms with Crippen LogP contribution in [0.25, 0.3) is 0 Å². The molecule has 1 heterocycles. The maximum absolute atomic E-state index is 11.0. The zero-order chi connectivity index (χ0) is 13.0. The third-order valence-corrected chi connectivity index (χ3v) is 2.30. The molecule has 1 rings (SSSR count). The second kappa shape index (κ2) is 5.67. The van der Waals surface area contributed by atoms with Crippen LogP contribution in [0.5, 0.6) is 0 Å². The van der Waals surface area contributed by atoms with E-state index in [1.165, 1.54) is 0 Å². The number of nitro groups is 1. The van der Waals surface area contributed by atoms with Crippen LogP contribution in [0.1, 0.15) is 19.0 Å². The summed E-state index contributed by atoms with van der Waals surface area (Å²) in [5, 5.41) is 18.4. The summed E-state index contributed by atoms with van der Waals surface area (Å²) < 4.78 is 1.59. The lowest BCUT2D eigenvalue weighted by molar-refractivity contribution is -0.384. The van der Waals surface area contributed by atoms with Crippen molar-refractivity contribution >= 4 is 23.1 Å². The highest BCUT2D eigenvalue weighted by molar-refractivity contribution is 6.29. The Balaban J connectivity index is 3.10. The van der Waals surface area contributed by atoms with Gasteiger partial charge in [-0.2, -0.15) is 5.10 Å². The molecule has 94 valence electrons. The summed E-state index contributed by atoms with van der Waals surface area (Å²) in [4.78, 5) is 10.5. The Labute approximate surface area is 104 Å². The van der Waals surface area contributed by atoms with Crippen LogP contribution in [-0.2, 0) is 6.54 Å². The molecule has 0 bridgehead atoms. The maximum atomic E-state index is 11.0. The fourth-order valence-electron chi connectivity index (χ4n) is 1.52. The number of hydrogen-bond donors (Lipinski definition) is 1. The molecule has 7 heteroatoms. The van der Waals surface area contributed by atoms with E-state index < -0.39 is 4.92 Å². The number of aromatic nitrogens is 2. The van der Waals surface area contributed by atoms with Crippen LogP contribution < -0.4 is 5.32 Å². The number of aryl methyl sites for hydroxylation is 2. The summed E-state index contributed by atoms with van der Waals surface area (Å²) in [6, 6.07) is 0. The molecule has 0 radical (unpaired) electrons. The van der Waals surface area contributed by atoms with Gasteiger partial charge in [0.2, 0.25) is 5.82 Å². The van der Waals surface area contributed by atoms with Gasteiger partial charge in [0.1, 0.15) is 5.69 Å². The predicted molar refractivity (Wildman–Crippen MR) is 67.4 cm³/mol. The summed E-state index contributed by atoms with van der Waals surface area (Å²) in [5.41, 5.74) is 0.391. The topological polar surface area (TPSA) is 73.0 Å². The van der Waals surface area contributed by atoms with E-state index in [1.807, 2.05) is 6.92 Å². The van der Waals surface area contributed by atoms with E-state index in [-0.39, 0.29) is 12.2 Å². The molecule has 0 fully saturated rings. The van der Waals surface area contributed by atoms with Crippen LogP contribution in [0.3, 0.4) is 0 Å². The number of hydrogen-bond acceptors (Lipinski definition) is 4. The first-order valence-electron chi connectivity index (χ1n) is 5.26. The van der Waals surface area contributed by atoms with E-state index in [0.717, 1.165) is 6.42 Å². The summed E-state index contributed by atoms with van der Waals surface area (Å²) in [6.45, 7) is 8.02. The van der Waals surface area contributed by atoms with Gasteiger partial charge in [-0.25, -0.2) is 4.68 Å². The van der Waals surface area contributed by atoms with E-state index >= 15 is 0 Å². The van der Waals surface area contributed by atoms with Gasteiger partial charge in [-0.05, 0) is 13.3 Å². The Morgan fingerprint density at radius 3 is 2.82 bits per heavy atom. The minimum Gasteiger partial charge on any atom is -0.360 e. The molecular weight excluding hydrogens is 244 g/mol. The molecule has 1 aromatic heterocycles. The van der Waals surface area contributed by atoms with E-state index in [1.54, 1.807) is 11.6 Å². The van der Waals surface area contributed by atoms with Gasteiger partial charge in [0.05, 0.1) is 11.5 Å². The molecule has 0 saturated carbocycles. The average molecular weight is 259 g/mol. The summed E-state index contributed by atoms with van der Waals surface area (Å²) in [6.07, 6.45) is 0.842. The highest BCUT2D eigenvalue weighted by atomic mass is 35.5. The molecule has 0 atom stereocenters. The normalized spacial score (nSPS) is 10.3. The molecule has 1 N–H and O–H groups in total. The first-order valence-corrected chi connectivity index (χ1v) is 5.64. The monoisotopic (exact) mass is 258 g/mol. The average Bonchev–Trinajstić information content (AvgIpc) is 2.52. The Hall–Kier alpha value is -1.56. The van der Waals surface area contributed by atoms with Crippen LogP contribution in [0.2, 0.25) is 0 Å². The highest BCUT2D eigenvalue weighted by Crippen LogP contribution is 2.28. The van der Waals surface area contributed by atoms with Crippen molar-refractivity contribution in [2.45, 2.75) is 26.8 Å². The standard InChI is InChI=1S/C10H15ClN4O2/c1-4-5-14-10(12-6-7(2)11)9(15(16)17)8(3)13-14/h12H,2,4-6H2,1,3H3. The fourth-order valence-corrected chi connectivity index (χ4v) is 1.59. The molecule has 0 aliphatic carbocycles. The molecule has 1 aromatic rings. The van der Waals surface area contributed by atoms with Gasteiger partial charge in [-0.1, -0.05) is 25.1 Å². The SMILES string of the molecule is C=C(Cl)CNc1c([N+](=O)[O-])c(C)nn1CCC. The van der Waals surface area contributed by atoms with Crippen molar-refractivity contribution < 1.29 is 4.92 Å². The fraction of sp³-hybridized carbons (Fsp3) is 0.500. The van der Waals surface area contributed by atoms with Gasteiger partial charge in [0.15, 0.2) is 0 Å². The van der Waals surface area contributed by atoms with Gasteiger partial charge in [-0.15, -0.1) is 0 Å². The second-order valence-electron chi connectivity index (χ2n) is 3.63. The highest BCUT2D eigenvalue weighted by Gasteiger charge is 2.24. The van der Waals surface area contributed by atoms with Crippen molar-refractivity contribution in [1.29, 1.82) is 0 Å². The number of anilines is 1. The summed E-state index contributed by atoms with van der Waals surface area (Å²) in [7, 11) is 0. The molecule has 17 heavy (non-hydrogen) atoms. The van der Waals surface area contributed by atoms with Crippen LogP contribution in [0.15, 0.2) is 11.6 Å². The van der Waals surface area contributed by atoms with Crippen molar-refractivity contribution in [1.82, 2.24) is 9.78 Å². The minimum atomic E-state index is -0.437. The van der Waals surface area contributed by atoms with Crippen molar-refractivity contribution in [2.75, 3.05) is 11.9 Å². The Morgan fingerprint density at radius 1 is 1.71 bits per heavy atom. The van der Waals surface area contributed by atoms with Crippen LogP contribution >= 0.6 is 11.6 Å². The molecule has 0 spiro atoms. The maximum Gasteiger partial charge on any atom is 0.333 e. The summed E-state index contributed by atoms with van der Waals surface area (Å²) >= 11 is 5.64. The molecule has 0 unspecified atom stereocenters. The second-order valence-corrected chi connectivity index (χ2v) is 4.17. The lowest BCUT2D eigenvalue weighted by Gasteiger charge is -2.07. The molecule has 0 saturated heterocycles. The van der Waals surface area contributed by atoms with Gasteiger partial charge in [0.25, 0.3) is 0 Å². The van der Waals surface area contributed by atoms with E-state index in [9.17, 15) is 10.1 Å². The van der Waals surface area contributed by atoms with Crippen molar-refractivity contribution in [2.24, 2.45) is 0 Å². The van der Waals surface area contributed by atoms with E-state index in [0.29, 0.717) is 23.1 Å². The van der Waals surface area contributed by atoms with Crippen molar-refractivity contribution in [3.05, 3.63) is 27.4 Å². The predicted octanol–water partition coefficient (Wildman–Crippen LogP) is 2.67. The quantitative estimate of drug-likeness (QED) is 0.629.